The van der Waals surface area contributed by atoms with Gasteiger partial charge in [0.25, 0.3) is 0 Å². The Kier molecular flexibility index (Phi) is 5.94. The molecule has 1 saturated heterocycles. The average Bonchev–Trinajstić information content (AvgIpc) is 2.47. The molecular weight excluding hydrogens is 310 g/mol. The second-order valence-corrected chi connectivity index (χ2v) is 6.48. The molecule has 4 nitrogen and oxygen atoms in total. The predicted octanol–water partition coefficient (Wildman–Crippen LogP) is 3.04. The SMILES string of the molecule is O=C(O)C1CCCCN1C(=O)CSCc1cccc(Cl)c1. The molecule has 0 aliphatic carbocycles. The zero-order valence-electron chi connectivity index (χ0n) is 11.6. The van der Waals surface area contributed by atoms with E-state index in [1.165, 1.54) is 16.7 Å². The Balaban J connectivity index is 1.84. The highest BCUT2D eigenvalue weighted by atomic mass is 35.5. The van der Waals surface area contributed by atoms with Crippen molar-refractivity contribution in [2.75, 3.05) is 12.3 Å². The number of aliphatic carboxylic acids is 1. The van der Waals surface area contributed by atoms with Crippen LogP contribution < -0.4 is 0 Å². The maximum atomic E-state index is 12.2. The molecule has 1 amide bonds. The van der Waals surface area contributed by atoms with Crippen LogP contribution >= 0.6 is 23.4 Å². The first-order valence-electron chi connectivity index (χ1n) is 6.92. The molecule has 1 aromatic carbocycles. The summed E-state index contributed by atoms with van der Waals surface area (Å²) in [4.78, 5) is 24.9. The third-order valence-corrected chi connectivity index (χ3v) is 4.72. The molecule has 0 saturated carbocycles. The van der Waals surface area contributed by atoms with Crippen LogP contribution in [0.4, 0.5) is 0 Å². The zero-order valence-corrected chi connectivity index (χ0v) is 13.2. The third kappa shape index (κ3) is 4.64. The quantitative estimate of drug-likeness (QED) is 0.903. The molecule has 114 valence electrons. The number of thioether (sulfide) groups is 1. The molecule has 0 spiro atoms. The molecule has 1 aliphatic rings. The summed E-state index contributed by atoms with van der Waals surface area (Å²) in [5, 5.41) is 9.86. The van der Waals surface area contributed by atoms with Gasteiger partial charge in [0, 0.05) is 17.3 Å². The second kappa shape index (κ2) is 7.71. The van der Waals surface area contributed by atoms with Gasteiger partial charge in [0.2, 0.25) is 5.91 Å². The fourth-order valence-electron chi connectivity index (χ4n) is 2.45. The Bertz CT molecular complexity index is 523. The van der Waals surface area contributed by atoms with Crippen molar-refractivity contribution in [1.29, 1.82) is 0 Å². The first kappa shape index (κ1) is 16.2. The lowest BCUT2D eigenvalue weighted by molar-refractivity contribution is -0.150. The van der Waals surface area contributed by atoms with Gasteiger partial charge >= 0.3 is 5.97 Å². The summed E-state index contributed by atoms with van der Waals surface area (Å²) >= 11 is 7.40. The molecule has 0 bridgehead atoms. The number of amides is 1. The van der Waals surface area contributed by atoms with E-state index in [0.717, 1.165) is 18.4 Å². The van der Waals surface area contributed by atoms with E-state index < -0.39 is 12.0 Å². The molecule has 0 aromatic heterocycles. The minimum Gasteiger partial charge on any atom is -0.480 e. The van der Waals surface area contributed by atoms with E-state index in [1.54, 1.807) is 0 Å². The molecule has 1 N–H and O–H groups in total. The van der Waals surface area contributed by atoms with Crippen LogP contribution in [0.2, 0.25) is 5.02 Å². The second-order valence-electron chi connectivity index (χ2n) is 5.06. The largest absolute Gasteiger partial charge is 0.480 e. The topological polar surface area (TPSA) is 57.6 Å². The standard InChI is InChI=1S/C15H18ClNO3S/c16-12-5-3-4-11(8-12)9-21-10-14(18)17-7-2-1-6-13(17)15(19)20/h3-5,8,13H,1-2,6-7,9-10H2,(H,19,20). The van der Waals surface area contributed by atoms with E-state index >= 15 is 0 Å². The summed E-state index contributed by atoms with van der Waals surface area (Å²) in [6.07, 6.45) is 2.31. The summed E-state index contributed by atoms with van der Waals surface area (Å²) in [6, 6.07) is 6.87. The lowest BCUT2D eigenvalue weighted by Crippen LogP contribution is -2.48. The van der Waals surface area contributed by atoms with Crippen molar-refractivity contribution >= 4 is 35.2 Å². The van der Waals surface area contributed by atoms with Crippen molar-refractivity contribution in [3.63, 3.8) is 0 Å². The van der Waals surface area contributed by atoms with Crippen LogP contribution in [0.1, 0.15) is 24.8 Å². The molecule has 2 rings (SSSR count). The number of piperidine rings is 1. The van der Waals surface area contributed by atoms with Gasteiger partial charge in [-0.3, -0.25) is 4.79 Å². The Hall–Kier alpha value is -1.20. The number of nitrogens with zero attached hydrogens (tertiary/aromatic N) is 1. The van der Waals surface area contributed by atoms with Gasteiger partial charge in [0.15, 0.2) is 0 Å². The van der Waals surface area contributed by atoms with Gasteiger partial charge in [-0.2, -0.15) is 0 Å². The van der Waals surface area contributed by atoms with Crippen LogP contribution in [0.3, 0.4) is 0 Å². The fourth-order valence-corrected chi connectivity index (χ4v) is 3.52. The predicted molar refractivity (Wildman–Crippen MR) is 84.6 cm³/mol. The minimum absolute atomic E-state index is 0.0888. The van der Waals surface area contributed by atoms with Gasteiger partial charge in [-0.05, 0) is 37.0 Å². The Morgan fingerprint density at radius 3 is 2.90 bits per heavy atom. The molecule has 1 fully saturated rings. The highest BCUT2D eigenvalue weighted by molar-refractivity contribution is 7.99. The van der Waals surface area contributed by atoms with Crippen LogP contribution in [0.25, 0.3) is 0 Å². The Morgan fingerprint density at radius 2 is 2.19 bits per heavy atom. The third-order valence-electron chi connectivity index (χ3n) is 3.49. The molecule has 1 aliphatic heterocycles. The van der Waals surface area contributed by atoms with E-state index in [2.05, 4.69) is 0 Å². The number of hydrogen-bond donors (Lipinski definition) is 1. The van der Waals surface area contributed by atoms with Crippen molar-refractivity contribution in [3.05, 3.63) is 34.9 Å². The summed E-state index contributed by atoms with van der Waals surface area (Å²) in [5.41, 5.74) is 1.06. The van der Waals surface area contributed by atoms with E-state index in [4.69, 9.17) is 11.6 Å². The van der Waals surface area contributed by atoms with Crippen LogP contribution in [0, 0.1) is 0 Å². The monoisotopic (exact) mass is 327 g/mol. The highest BCUT2D eigenvalue weighted by Crippen LogP contribution is 2.21. The number of rotatable bonds is 5. The van der Waals surface area contributed by atoms with Crippen LogP contribution in [-0.2, 0) is 15.3 Å². The Labute approximate surface area is 133 Å². The normalized spacial score (nSPS) is 18.5. The molecule has 21 heavy (non-hydrogen) atoms. The molecule has 0 radical (unpaired) electrons. The Morgan fingerprint density at radius 1 is 1.38 bits per heavy atom. The lowest BCUT2D eigenvalue weighted by atomic mass is 10.0. The number of carbonyl (C=O) groups excluding carboxylic acids is 1. The lowest BCUT2D eigenvalue weighted by Gasteiger charge is -2.32. The molecule has 6 heteroatoms. The summed E-state index contributed by atoms with van der Waals surface area (Å²) in [6.45, 7) is 0.549. The van der Waals surface area contributed by atoms with E-state index in [1.807, 2.05) is 24.3 Å². The van der Waals surface area contributed by atoms with Crippen LogP contribution in [0.5, 0.6) is 0 Å². The molecular formula is C15H18ClNO3S. The number of benzene rings is 1. The highest BCUT2D eigenvalue weighted by Gasteiger charge is 2.31. The van der Waals surface area contributed by atoms with Crippen LogP contribution in [0.15, 0.2) is 24.3 Å². The molecule has 1 heterocycles. The van der Waals surface area contributed by atoms with Gasteiger partial charge in [0.1, 0.15) is 6.04 Å². The van der Waals surface area contributed by atoms with Crippen molar-refractivity contribution < 1.29 is 14.7 Å². The van der Waals surface area contributed by atoms with Gasteiger partial charge < -0.3 is 10.0 Å². The zero-order chi connectivity index (χ0) is 15.2. The van der Waals surface area contributed by atoms with Gasteiger partial charge in [-0.15, -0.1) is 11.8 Å². The van der Waals surface area contributed by atoms with Gasteiger partial charge in [-0.25, -0.2) is 4.79 Å². The van der Waals surface area contributed by atoms with E-state index in [9.17, 15) is 14.7 Å². The summed E-state index contributed by atoms with van der Waals surface area (Å²) in [5.74, 6) is 0.00535. The molecule has 1 unspecified atom stereocenters. The van der Waals surface area contributed by atoms with Gasteiger partial charge in [-0.1, -0.05) is 23.7 Å². The summed E-state index contributed by atoms with van der Waals surface area (Å²) < 4.78 is 0. The fraction of sp³-hybridized carbons (Fsp3) is 0.467. The smallest absolute Gasteiger partial charge is 0.326 e. The first-order chi connectivity index (χ1) is 10.1. The first-order valence-corrected chi connectivity index (χ1v) is 8.45. The number of carbonyl (C=O) groups is 2. The van der Waals surface area contributed by atoms with Crippen LogP contribution in [-0.4, -0.2) is 40.2 Å². The number of carboxylic acid groups (broad SMARTS) is 1. The number of carboxylic acids is 1. The van der Waals surface area contributed by atoms with E-state index in [-0.39, 0.29) is 5.91 Å². The van der Waals surface area contributed by atoms with Crippen molar-refractivity contribution in [3.8, 4) is 0 Å². The van der Waals surface area contributed by atoms with E-state index in [0.29, 0.717) is 29.5 Å². The summed E-state index contributed by atoms with van der Waals surface area (Å²) in [7, 11) is 0. The maximum absolute atomic E-state index is 12.2. The average molecular weight is 328 g/mol. The number of hydrogen-bond acceptors (Lipinski definition) is 3. The number of likely N-dealkylation sites (tertiary alicyclic amines) is 1. The molecule has 1 atom stereocenters. The van der Waals surface area contributed by atoms with Crippen molar-refractivity contribution in [2.24, 2.45) is 0 Å². The molecule has 1 aromatic rings. The maximum Gasteiger partial charge on any atom is 0.326 e. The minimum atomic E-state index is -0.900. The number of halogens is 1. The van der Waals surface area contributed by atoms with Crippen molar-refractivity contribution in [2.45, 2.75) is 31.1 Å². The van der Waals surface area contributed by atoms with Gasteiger partial charge in [0.05, 0.1) is 5.75 Å². The van der Waals surface area contributed by atoms with Crippen molar-refractivity contribution in [1.82, 2.24) is 4.90 Å².